The normalized spacial score (nSPS) is 12.2. The topological polar surface area (TPSA) is 43.4 Å². The second-order valence-corrected chi connectivity index (χ2v) is 4.26. The standard InChI is InChI=1S/C15H16F2N2O2/c1-18-13(14-12(20-2)4-3-9-19-14)10-5-7-11(8-6-10)21-15(16)17/h3-9,13,15,18H,1-2H3. The van der Waals surface area contributed by atoms with Gasteiger partial charge in [0.2, 0.25) is 0 Å². The van der Waals surface area contributed by atoms with E-state index in [1.165, 1.54) is 12.1 Å². The fourth-order valence-corrected chi connectivity index (χ4v) is 2.10. The molecule has 1 unspecified atom stereocenters. The van der Waals surface area contributed by atoms with Crippen LogP contribution in [0.3, 0.4) is 0 Å². The summed E-state index contributed by atoms with van der Waals surface area (Å²) in [6, 6.07) is 9.83. The number of alkyl halides is 2. The lowest BCUT2D eigenvalue weighted by Crippen LogP contribution is -2.19. The number of nitrogens with zero attached hydrogens (tertiary/aromatic N) is 1. The minimum Gasteiger partial charge on any atom is -0.495 e. The molecule has 0 radical (unpaired) electrons. The first-order valence-electron chi connectivity index (χ1n) is 6.36. The Balaban J connectivity index is 2.29. The zero-order valence-corrected chi connectivity index (χ0v) is 11.7. The van der Waals surface area contributed by atoms with Gasteiger partial charge in [0.1, 0.15) is 17.2 Å². The Kier molecular flexibility index (Phi) is 5.05. The van der Waals surface area contributed by atoms with Crippen LogP contribution < -0.4 is 14.8 Å². The van der Waals surface area contributed by atoms with Crippen molar-refractivity contribution < 1.29 is 18.3 Å². The van der Waals surface area contributed by atoms with Crippen molar-refractivity contribution in [2.45, 2.75) is 12.7 Å². The summed E-state index contributed by atoms with van der Waals surface area (Å²) >= 11 is 0. The fourth-order valence-electron chi connectivity index (χ4n) is 2.10. The van der Waals surface area contributed by atoms with Crippen LogP contribution in [-0.2, 0) is 0 Å². The van der Waals surface area contributed by atoms with Crippen molar-refractivity contribution in [2.24, 2.45) is 0 Å². The molecule has 2 rings (SSSR count). The Morgan fingerprint density at radius 3 is 2.43 bits per heavy atom. The lowest BCUT2D eigenvalue weighted by Gasteiger charge is -2.18. The summed E-state index contributed by atoms with van der Waals surface area (Å²) in [5.74, 6) is 0.779. The number of methoxy groups -OCH3 is 1. The maximum Gasteiger partial charge on any atom is 0.387 e. The molecule has 0 fully saturated rings. The number of halogens is 2. The largest absolute Gasteiger partial charge is 0.495 e. The van der Waals surface area contributed by atoms with Gasteiger partial charge in [0.25, 0.3) is 0 Å². The SMILES string of the molecule is CNC(c1ccc(OC(F)F)cc1)c1ncccc1OC. The molecule has 1 heterocycles. The second-order valence-electron chi connectivity index (χ2n) is 4.26. The van der Waals surface area contributed by atoms with Gasteiger partial charge in [0, 0.05) is 6.20 Å². The summed E-state index contributed by atoms with van der Waals surface area (Å²) in [6.45, 7) is -2.83. The third-order valence-corrected chi connectivity index (χ3v) is 3.02. The molecule has 112 valence electrons. The van der Waals surface area contributed by atoms with Gasteiger partial charge in [0.15, 0.2) is 0 Å². The van der Waals surface area contributed by atoms with E-state index in [-0.39, 0.29) is 11.8 Å². The van der Waals surface area contributed by atoms with Crippen LogP contribution in [0.5, 0.6) is 11.5 Å². The summed E-state index contributed by atoms with van der Waals surface area (Å²) in [4.78, 5) is 4.33. The van der Waals surface area contributed by atoms with Crippen molar-refractivity contribution in [1.29, 1.82) is 0 Å². The molecular formula is C15H16F2N2O2. The molecule has 2 aromatic rings. The maximum atomic E-state index is 12.1. The monoisotopic (exact) mass is 294 g/mol. The molecule has 0 spiro atoms. The molecular weight excluding hydrogens is 278 g/mol. The molecule has 1 atom stereocenters. The van der Waals surface area contributed by atoms with E-state index in [1.807, 2.05) is 6.07 Å². The Labute approximate surface area is 121 Å². The van der Waals surface area contributed by atoms with Gasteiger partial charge in [-0.25, -0.2) is 0 Å². The number of nitrogens with one attached hydrogen (secondary N) is 1. The van der Waals surface area contributed by atoms with Crippen molar-refractivity contribution in [2.75, 3.05) is 14.2 Å². The summed E-state index contributed by atoms with van der Waals surface area (Å²) in [7, 11) is 3.37. The maximum absolute atomic E-state index is 12.1. The third-order valence-electron chi connectivity index (χ3n) is 3.02. The first-order valence-corrected chi connectivity index (χ1v) is 6.36. The number of ether oxygens (including phenoxy) is 2. The number of hydrogen-bond acceptors (Lipinski definition) is 4. The number of hydrogen-bond donors (Lipinski definition) is 1. The Bertz CT molecular complexity index is 576. The van der Waals surface area contributed by atoms with Crippen LogP contribution in [0.2, 0.25) is 0 Å². The smallest absolute Gasteiger partial charge is 0.387 e. The Hall–Kier alpha value is -2.21. The third kappa shape index (κ3) is 3.66. The highest BCUT2D eigenvalue weighted by atomic mass is 19.3. The molecule has 0 saturated carbocycles. The fraction of sp³-hybridized carbons (Fsp3) is 0.267. The molecule has 0 saturated heterocycles. The van der Waals surface area contributed by atoms with E-state index in [9.17, 15) is 8.78 Å². The zero-order chi connectivity index (χ0) is 15.2. The zero-order valence-electron chi connectivity index (χ0n) is 11.7. The number of rotatable bonds is 6. The highest BCUT2D eigenvalue weighted by molar-refractivity contribution is 5.38. The lowest BCUT2D eigenvalue weighted by molar-refractivity contribution is -0.0498. The molecule has 6 heteroatoms. The summed E-state index contributed by atoms with van der Waals surface area (Å²) in [5, 5.41) is 3.14. The molecule has 0 amide bonds. The van der Waals surface area contributed by atoms with E-state index in [0.717, 1.165) is 11.3 Å². The minimum absolute atomic E-state index is 0.122. The van der Waals surface area contributed by atoms with E-state index in [1.54, 1.807) is 38.6 Å². The van der Waals surface area contributed by atoms with Crippen LogP contribution in [0.25, 0.3) is 0 Å². The van der Waals surface area contributed by atoms with Crippen molar-refractivity contribution in [3.63, 3.8) is 0 Å². The average molecular weight is 294 g/mol. The van der Waals surface area contributed by atoms with Crippen LogP contribution >= 0.6 is 0 Å². The molecule has 0 aliphatic heterocycles. The minimum atomic E-state index is -2.83. The van der Waals surface area contributed by atoms with Crippen LogP contribution in [0.4, 0.5) is 8.78 Å². The first-order chi connectivity index (χ1) is 10.2. The van der Waals surface area contributed by atoms with Gasteiger partial charge < -0.3 is 14.8 Å². The van der Waals surface area contributed by atoms with Gasteiger partial charge in [0.05, 0.1) is 13.2 Å². The van der Waals surface area contributed by atoms with Crippen molar-refractivity contribution >= 4 is 0 Å². The molecule has 4 nitrogen and oxygen atoms in total. The molecule has 1 aromatic carbocycles. The van der Waals surface area contributed by atoms with E-state index >= 15 is 0 Å². The average Bonchev–Trinajstić information content (AvgIpc) is 2.49. The highest BCUT2D eigenvalue weighted by Gasteiger charge is 2.18. The Morgan fingerprint density at radius 1 is 1.14 bits per heavy atom. The molecule has 1 aromatic heterocycles. The van der Waals surface area contributed by atoms with Crippen molar-refractivity contribution in [3.05, 3.63) is 53.9 Å². The number of aromatic nitrogens is 1. The van der Waals surface area contributed by atoms with Crippen molar-refractivity contribution in [3.8, 4) is 11.5 Å². The van der Waals surface area contributed by atoms with Gasteiger partial charge in [-0.05, 0) is 36.9 Å². The Morgan fingerprint density at radius 2 is 1.86 bits per heavy atom. The predicted molar refractivity (Wildman–Crippen MR) is 74.8 cm³/mol. The summed E-state index contributed by atoms with van der Waals surface area (Å²) in [5.41, 5.74) is 1.60. The lowest BCUT2D eigenvalue weighted by atomic mass is 10.0. The molecule has 1 N–H and O–H groups in total. The van der Waals surface area contributed by atoms with E-state index < -0.39 is 6.61 Å². The molecule has 0 bridgehead atoms. The first kappa shape index (κ1) is 15.2. The van der Waals surface area contributed by atoms with E-state index in [2.05, 4.69) is 15.0 Å². The number of benzene rings is 1. The summed E-state index contributed by atoms with van der Waals surface area (Å²) < 4.78 is 33.9. The second kappa shape index (κ2) is 6.99. The van der Waals surface area contributed by atoms with Gasteiger partial charge in [-0.1, -0.05) is 12.1 Å². The summed E-state index contributed by atoms with van der Waals surface area (Å²) in [6.07, 6.45) is 1.68. The van der Waals surface area contributed by atoms with Gasteiger partial charge in [-0.15, -0.1) is 0 Å². The van der Waals surface area contributed by atoms with Crippen LogP contribution in [0.1, 0.15) is 17.3 Å². The van der Waals surface area contributed by atoms with E-state index in [4.69, 9.17) is 4.74 Å². The van der Waals surface area contributed by atoms with Crippen LogP contribution in [0, 0.1) is 0 Å². The molecule has 21 heavy (non-hydrogen) atoms. The highest BCUT2D eigenvalue weighted by Crippen LogP contribution is 2.28. The van der Waals surface area contributed by atoms with Gasteiger partial charge in [-0.3, -0.25) is 4.98 Å². The van der Waals surface area contributed by atoms with Crippen molar-refractivity contribution in [1.82, 2.24) is 10.3 Å². The molecule has 0 aliphatic rings. The quantitative estimate of drug-likeness (QED) is 0.889. The molecule has 0 aliphatic carbocycles. The van der Waals surface area contributed by atoms with E-state index in [0.29, 0.717) is 5.75 Å². The number of pyridine rings is 1. The predicted octanol–water partition coefficient (Wildman–Crippen LogP) is 3.00. The van der Waals surface area contributed by atoms with Gasteiger partial charge >= 0.3 is 6.61 Å². The van der Waals surface area contributed by atoms with Crippen LogP contribution in [0.15, 0.2) is 42.6 Å². The van der Waals surface area contributed by atoms with Gasteiger partial charge in [-0.2, -0.15) is 8.78 Å². The van der Waals surface area contributed by atoms with Crippen LogP contribution in [-0.4, -0.2) is 25.8 Å².